The second-order valence-corrected chi connectivity index (χ2v) is 7.52. The number of hydrogen-bond donors (Lipinski definition) is 1. The Bertz CT molecular complexity index is 947. The van der Waals surface area contributed by atoms with Crippen molar-refractivity contribution in [3.05, 3.63) is 60.2 Å². The van der Waals surface area contributed by atoms with Crippen LogP contribution in [0, 0.1) is 0 Å². The van der Waals surface area contributed by atoms with Crippen LogP contribution in [0.15, 0.2) is 54.6 Å². The number of rotatable bonds is 6. The first-order valence-electron chi connectivity index (χ1n) is 10.3. The average molecular weight is 423 g/mol. The van der Waals surface area contributed by atoms with Crippen LogP contribution >= 0.6 is 0 Å². The summed E-state index contributed by atoms with van der Waals surface area (Å²) in [7, 11) is 1.55. The van der Waals surface area contributed by atoms with Gasteiger partial charge in [0, 0.05) is 13.0 Å². The second kappa shape index (κ2) is 9.18. The van der Waals surface area contributed by atoms with Crippen molar-refractivity contribution >= 4 is 23.5 Å². The van der Waals surface area contributed by atoms with Crippen LogP contribution in [-0.2, 0) is 14.3 Å². The van der Waals surface area contributed by atoms with E-state index in [1.165, 1.54) is 0 Å². The fourth-order valence-corrected chi connectivity index (χ4v) is 3.87. The average Bonchev–Trinajstić information content (AvgIpc) is 3.11. The Morgan fingerprint density at radius 1 is 1.13 bits per heavy atom. The zero-order chi connectivity index (χ0) is 21.8. The molecule has 0 aliphatic carbocycles. The van der Waals surface area contributed by atoms with Crippen molar-refractivity contribution in [2.75, 3.05) is 31.7 Å². The number of ether oxygens (including phenoxy) is 2. The third kappa shape index (κ3) is 4.54. The second-order valence-electron chi connectivity index (χ2n) is 7.52. The number of urea groups is 1. The SMILES string of the molecule is COc1ccc(N2C(=O)N[C@H](CCC(=O)N3CCOC(c4ccccc4)C3)C2=O)cc1. The fourth-order valence-electron chi connectivity index (χ4n) is 3.87. The number of nitrogens with one attached hydrogen (secondary N) is 1. The Balaban J connectivity index is 1.34. The third-order valence-corrected chi connectivity index (χ3v) is 5.59. The van der Waals surface area contributed by atoms with Crippen molar-refractivity contribution in [3.8, 4) is 5.75 Å². The van der Waals surface area contributed by atoms with E-state index in [2.05, 4.69) is 5.32 Å². The Morgan fingerprint density at radius 2 is 1.87 bits per heavy atom. The maximum absolute atomic E-state index is 12.8. The largest absolute Gasteiger partial charge is 0.497 e. The molecular formula is C23H25N3O5. The van der Waals surface area contributed by atoms with Gasteiger partial charge in [0.15, 0.2) is 0 Å². The molecular weight excluding hydrogens is 398 g/mol. The van der Waals surface area contributed by atoms with Crippen LogP contribution in [0.1, 0.15) is 24.5 Å². The molecule has 2 saturated heterocycles. The molecule has 1 N–H and O–H groups in total. The van der Waals surface area contributed by atoms with E-state index in [1.54, 1.807) is 36.3 Å². The monoisotopic (exact) mass is 423 g/mol. The molecule has 2 heterocycles. The Hall–Kier alpha value is -3.39. The third-order valence-electron chi connectivity index (χ3n) is 5.59. The molecule has 162 valence electrons. The summed E-state index contributed by atoms with van der Waals surface area (Å²) < 4.78 is 10.9. The standard InChI is InChI=1S/C23H25N3O5/c1-30-18-9-7-17(8-10-18)26-22(28)19(24-23(26)29)11-12-21(27)25-13-14-31-20(15-25)16-5-3-2-4-6-16/h2-10,19-20H,11-15H2,1H3,(H,24,29)/t19-,20?/m1/s1. The summed E-state index contributed by atoms with van der Waals surface area (Å²) in [5, 5.41) is 2.68. The molecule has 0 radical (unpaired) electrons. The lowest BCUT2D eigenvalue weighted by Gasteiger charge is -2.33. The molecule has 4 amide bonds. The van der Waals surface area contributed by atoms with Gasteiger partial charge < -0.3 is 19.7 Å². The lowest BCUT2D eigenvalue weighted by Crippen LogP contribution is -2.43. The van der Waals surface area contributed by atoms with E-state index >= 15 is 0 Å². The van der Waals surface area contributed by atoms with Gasteiger partial charge >= 0.3 is 6.03 Å². The number of anilines is 1. The van der Waals surface area contributed by atoms with E-state index in [-0.39, 0.29) is 30.8 Å². The quantitative estimate of drug-likeness (QED) is 0.722. The minimum Gasteiger partial charge on any atom is -0.497 e. The van der Waals surface area contributed by atoms with Crippen LogP contribution in [0.3, 0.4) is 0 Å². The number of carbonyl (C=O) groups excluding carboxylic acids is 3. The lowest BCUT2D eigenvalue weighted by atomic mass is 10.1. The van der Waals surface area contributed by atoms with Gasteiger partial charge in [0.1, 0.15) is 17.9 Å². The van der Waals surface area contributed by atoms with Crippen LogP contribution in [0.5, 0.6) is 5.75 Å². The number of benzene rings is 2. The van der Waals surface area contributed by atoms with E-state index in [0.29, 0.717) is 31.1 Å². The van der Waals surface area contributed by atoms with Crippen LogP contribution in [0.25, 0.3) is 0 Å². The van der Waals surface area contributed by atoms with E-state index in [4.69, 9.17) is 9.47 Å². The Morgan fingerprint density at radius 3 is 2.58 bits per heavy atom. The molecule has 0 saturated carbocycles. The molecule has 0 spiro atoms. The minimum absolute atomic E-state index is 0.0471. The molecule has 2 aliphatic heterocycles. The van der Waals surface area contributed by atoms with Crippen molar-refractivity contribution < 1.29 is 23.9 Å². The van der Waals surface area contributed by atoms with Crippen molar-refractivity contribution in [2.45, 2.75) is 25.0 Å². The van der Waals surface area contributed by atoms with E-state index in [0.717, 1.165) is 10.5 Å². The Labute approximate surface area is 180 Å². The molecule has 2 atom stereocenters. The lowest BCUT2D eigenvalue weighted by molar-refractivity contribution is -0.139. The van der Waals surface area contributed by atoms with Gasteiger partial charge in [-0.05, 0) is 36.2 Å². The van der Waals surface area contributed by atoms with Gasteiger partial charge in [-0.15, -0.1) is 0 Å². The van der Waals surface area contributed by atoms with Gasteiger partial charge in [-0.2, -0.15) is 0 Å². The topological polar surface area (TPSA) is 88.2 Å². The van der Waals surface area contributed by atoms with Crippen molar-refractivity contribution in [3.63, 3.8) is 0 Å². The van der Waals surface area contributed by atoms with Crippen molar-refractivity contribution in [1.29, 1.82) is 0 Å². The molecule has 31 heavy (non-hydrogen) atoms. The highest BCUT2D eigenvalue weighted by Gasteiger charge is 2.39. The number of imide groups is 1. The highest BCUT2D eigenvalue weighted by molar-refractivity contribution is 6.21. The Kier molecular flexibility index (Phi) is 6.18. The first kappa shape index (κ1) is 20.9. The van der Waals surface area contributed by atoms with E-state index in [9.17, 15) is 14.4 Å². The van der Waals surface area contributed by atoms with Crippen molar-refractivity contribution in [1.82, 2.24) is 10.2 Å². The smallest absolute Gasteiger partial charge is 0.329 e. The predicted molar refractivity (Wildman–Crippen MR) is 114 cm³/mol. The van der Waals surface area contributed by atoms with Gasteiger partial charge in [-0.3, -0.25) is 9.59 Å². The number of amides is 4. The number of morpholine rings is 1. The zero-order valence-electron chi connectivity index (χ0n) is 17.3. The molecule has 2 aliphatic rings. The molecule has 0 bridgehead atoms. The van der Waals surface area contributed by atoms with Gasteiger partial charge in [0.25, 0.3) is 5.91 Å². The molecule has 8 nitrogen and oxygen atoms in total. The summed E-state index contributed by atoms with van der Waals surface area (Å²) in [6.45, 7) is 1.46. The fraction of sp³-hybridized carbons (Fsp3) is 0.348. The highest BCUT2D eigenvalue weighted by atomic mass is 16.5. The summed E-state index contributed by atoms with van der Waals surface area (Å²) in [5.41, 5.74) is 1.50. The molecule has 2 aromatic carbocycles. The number of hydrogen-bond acceptors (Lipinski definition) is 5. The molecule has 1 unspecified atom stereocenters. The number of methoxy groups -OCH3 is 1. The summed E-state index contributed by atoms with van der Waals surface area (Å²) in [5.74, 6) is 0.235. The summed E-state index contributed by atoms with van der Waals surface area (Å²) in [4.78, 5) is 40.7. The van der Waals surface area contributed by atoms with E-state index in [1.807, 2.05) is 30.3 Å². The van der Waals surface area contributed by atoms with Crippen LogP contribution in [0.2, 0.25) is 0 Å². The zero-order valence-corrected chi connectivity index (χ0v) is 17.3. The predicted octanol–water partition coefficient (Wildman–Crippen LogP) is 2.50. The summed E-state index contributed by atoms with van der Waals surface area (Å²) in [6.07, 6.45) is 0.273. The number of nitrogens with zero attached hydrogens (tertiary/aromatic N) is 2. The van der Waals surface area contributed by atoms with Crippen LogP contribution in [-0.4, -0.2) is 55.6 Å². The van der Waals surface area contributed by atoms with E-state index < -0.39 is 12.1 Å². The van der Waals surface area contributed by atoms with Crippen LogP contribution < -0.4 is 15.0 Å². The molecule has 8 heteroatoms. The van der Waals surface area contributed by atoms with Crippen molar-refractivity contribution in [2.24, 2.45) is 0 Å². The van der Waals surface area contributed by atoms with Gasteiger partial charge in [0.2, 0.25) is 5.91 Å². The first-order valence-corrected chi connectivity index (χ1v) is 10.3. The summed E-state index contributed by atoms with van der Waals surface area (Å²) in [6, 6.07) is 15.3. The van der Waals surface area contributed by atoms with Gasteiger partial charge in [-0.1, -0.05) is 30.3 Å². The molecule has 0 aromatic heterocycles. The normalized spacial score (nSPS) is 21.2. The highest BCUT2D eigenvalue weighted by Crippen LogP contribution is 2.25. The first-order chi connectivity index (χ1) is 15.1. The maximum Gasteiger partial charge on any atom is 0.329 e. The van der Waals surface area contributed by atoms with Crippen LogP contribution in [0.4, 0.5) is 10.5 Å². The number of carbonyl (C=O) groups is 3. The molecule has 2 aromatic rings. The summed E-state index contributed by atoms with van der Waals surface area (Å²) >= 11 is 0. The molecule has 2 fully saturated rings. The van der Waals surface area contributed by atoms with Gasteiger partial charge in [-0.25, -0.2) is 9.69 Å². The minimum atomic E-state index is -0.718. The molecule has 4 rings (SSSR count). The maximum atomic E-state index is 12.8. The van der Waals surface area contributed by atoms with Gasteiger partial charge in [0.05, 0.1) is 25.9 Å².